The van der Waals surface area contributed by atoms with E-state index in [1.54, 1.807) is 23.5 Å². The second-order valence-electron chi connectivity index (χ2n) is 6.12. The SMILES string of the molecule is CCOCC1CCCN(S(=O)(=O)c2c(C)cc(OC)cc2C)C1. The second kappa shape index (κ2) is 7.64. The Morgan fingerprint density at radius 1 is 1.26 bits per heavy atom. The minimum atomic E-state index is -3.48. The van der Waals surface area contributed by atoms with Crippen molar-refractivity contribution in [3.63, 3.8) is 0 Å². The van der Waals surface area contributed by atoms with Gasteiger partial charge in [0.15, 0.2) is 0 Å². The summed E-state index contributed by atoms with van der Waals surface area (Å²) in [6.07, 6.45) is 1.90. The van der Waals surface area contributed by atoms with Gasteiger partial charge in [-0.3, -0.25) is 0 Å². The van der Waals surface area contributed by atoms with Crippen molar-refractivity contribution in [2.75, 3.05) is 33.4 Å². The van der Waals surface area contributed by atoms with Gasteiger partial charge in [-0.1, -0.05) is 0 Å². The molecule has 1 aromatic carbocycles. The molecular weight excluding hydrogens is 314 g/mol. The summed E-state index contributed by atoms with van der Waals surface area (Å²) in [7, 11) is -1.90. The van der Waals surface area contributed by atoms with Crippen LogP contribution in [-0.2, 0) is 14.8 Å². The lowest BCUT2D eigenvalue weighted by Gasteiger charge is -2.32. The van der Waals surface area contributed by atoms with Gasteiger partial charge in [0.1, 0.15) is 5.75 Å². The van der Waals surface area contributed by atoms with Crippen LogP contribution in [0.2, 0.25) is 0 Å². The number of hydrogen-bond acceptors (Lipinski definition) is 4. The van der Waals surface area contributed by atoms with Crippen molar-refractivity contribution in [2.45, 2.75) is 38.5 Å². The topological polar surface area (TPSA) is 55.8 Å². The maximum Gasteiger partial charge on any atom is 0.243 e. The zero-order valence-corrected chi connectivity index (χ0v) is 15.3. The van der Waals surface area contributed by atoms with Crippen LogP contribution in [0.15, 0.2) is 17.0 Å². The largest absolute Gasteiger partial charge is 0.497 e. The number of hydrogen-bond donors (Lipinski definition) is 0. The monoisotopic (exact) mass is 341 g/mol. The Morgan fingerprint density at radius 2 is 1.91 bits per heavy atom. The quantitative estimate of drug-likeness (QED) is 0.798. The summed E-state index contributed by atoms with van der Waals surface area (Å²) < 4.78 is 38.5. The van der Waals surface area contributed by atoms with Gasteiger partial charge >= 0.3 is 0 Å². The summed E-state index contributed by atoms with van der Waals surface area (Å²) in [4.78, 5) is 0.412. The van der Waals surface area contributed by atoms with E-state index < -0.39 is 10.0 Å². The van der Waals surface area contributed by atoms with E-state index in [1.165, 1.54) is 0 Å². The molecule has 0 saturated carbocycles. The van der Waals surface area contributed by atoms with Crippen LogP contribution < -0.4 is 4.74 Å². The Morgan fingerprint density at radius 3 is 2.48 bits per heavy atom. The van der Waals surface area contributed by atoms with E-state index >= 15 is 0 Å². The maximum atomic E-state index is 13.1. The average Bonchev–Trinajstić information content (AvgIpc) is 2.52. The predicted octanol–water partition coefficient (Wildman–Crippen LogP) is 2.75. The molecule has 130 valence electrons. The molecule has 0 spiro atoms. The van der Waals surface area contributed by atoms with Gasteiger partial charge in [0.2, 0.25) is 10.0 Å². The molecule has 6 heteroatoms. The normalized spacial score (nSPS) is 19.7. The molecule has 0 N–H and O–H groups in total. The number of ether oxygens (including phenoxy) is 2. The fourth-order valence-electron chi connectivity index (χ4n) is 3.23. The maximum absolute atomic E-state index is 13.1. The first-order chi connectivity index (χ1) is 10.9. The van der Waals surface area contributed by atoms with Crippen molar-refractivity contribution >= 4 is 10.0 Å². The Hall–Kier alpha value is -1.11. The van der Waals surface area contributed by atoms with Gasteiger partial charge in [0, 0.05) is 19.7 Å². The van der Waals surface area contributed by atoms with Crippen molar-refractivity contribution in [1.82, 2.24) is 4.31 Å². The zero-order chi connectivity index (χ0) is 17.0. The molecule has 2 rings (SSSR count). The van der Waals surface area contributed by atoms with Crippen LogP contribution in [0.25, 0.3) is 0 Å². The number of benzene rings is 1. The minimum absolute atomic E-state index is 0.275. The number of rotatable bonds is 6. The highest BCUT2D eigenvalue weighted by atomic mass is 32.2. The third-order valence-corrected chi connectivity index (χ3v) is 6.48. The lowest BCUT2D eigenvalue weighted by Crippen LogP contribution is -2.41. The molecule has 5 nitrogen and oxygen atoms in total. The first-order valence-corrected chi connectivity index (χ1v) is 9.57. The molecule has 0 aromatic heterocycles. The standard InChI is InChI=1S/C17H27NO4S/c1-5-22-12-15-7-6-8-18(11-15)23(19,20)17-13(2)9-16(21-4)10-14(17)3/h9-10,15H,5-8,11-12H2,1-4H3. The Kier molecular flexibility index (Phi) is 6.06. The molecule has 1 aliphatic heterocycles. The molecule has 1 aromatic rings. The average molecular weight is 341 g/mol. The highest BCUT2D eigenvalue weighted by Gasteiger charge is 2.32. The number of methoxy groups -OCH3 is 1. The van der Waals surface area contributed by atoms with Crippen LogP contribution in [-0.4, -0.2) is 46.1 Å². The highest BCUT2D eigenvalue weighted by molar-refractivity contribution is 7.89. The number of aryl methyl sites for hydroxylation is 2. The van der Waals surface area contributed by atoms with E-state index in [2.05, 4.69) is 0 Å². The molecule has 1 unspecified atom stereocenters. The Balaban J connectivity index is 2.28. The first-order valence-electron chi connectivity index (χ1n) is 8.13. The molecule has 1 heterocycles. The van der Waals surface area contributed by atoms with Crippen LogP contribution in [0.3, 0.4) is 0 Å². The van der Waals surface area contributed by atoms with Crippen molar-refractivity contribution in [3.05, 3.63) is 23.3 Å². The molecule has 0 bridgehead atoms. The summed E-state index contributed by atoms with van der Waals surface area (Å²) in [5.74, 6) is 0.962. The molecule has 0 radical (unpaired) electrons. The molecule has 0 aliphatic carbocycles. The summed E-state index contributed by atoms with van der Waals surface area (Å²) in [6, 6.07) is 3.56. The zero-order valence-electron chi connectivity index (χ0n) is 14.5. The highest BCUT2D eigenvalue weighted by Crippen LogP contribution is 2.30. The number of sulfonamides is 1. The third kappa shape index (κ3) is 4.05. The first kappa shape index (κ1) is 18.2. The van der Waals surface area contributed by atoms with E-state index in [0.29, 0.717) is 36.9 Å². The van der Waals surface area contributed by atoms with E-state index in [9.17, 15) is 8.42 Å². The Bertz CT molecular complexity index is 619. The number of piperidine rings is 1. The molecule has 1 atom stereocenters. The van der Waals surface area contributed by atoms with Gasteiger partial charge in [0.25, 0.3) is 0 Å². The smallest absolute Gasteiger partial charge is 0.243 e. The molecular formula is C17H27NO4S. The van der Waals surface area contributed by atoms with Gasteiger partial charge in [-0.05, 0) is 62.8 Å². The van der Waals surface area contributed by atoms with Gasteiger partial charge < -0.3 is 9.47 Å². The lowest BCUT2D eigenvalue weighted by molar-refractivity contribution is 0.0864. The summed E-state index contributed by atoms with van der Waals surface area (Å²) in [5.41, 5.74) is 1.46. The van der Waals surface area contributed by atoms with Crippen molar-refractivity contribution in [3.8, 4) is 5.75 Å². The summed E-state index contributed by atoms with van der Waals surface area (Å²) in [5, 5.41) is 0. The van der Waals surface area contributed by atoms with Crippen molar-refractivity contribution in [1.29, 1.82) is 0 Å². The molecule has 1 fully saturated rings. The van der Waals surface area contributed by atoms with E-state index in [0.717, 1.165) is 24.0 Å². The number of nitrogens with zero attached hydrogens (tertiary/aromatic N) is 1. The van der Waals surface area contributed by atoms with Crippen molar-refractivity contribution in [2.24, 2.45) is 5.92 Å². The van der Waals surface area contributed by atoms with Gasteiger partial charge in [-0.2, -0.15) is 4.31 Å². The van der Waals surface area contributed by atoms with Crippen LogP contribution in [0.4, 0.5) is 0 Å². The lowest BCUT2D eigenvalue weighted by atomic mass is 10.0. The predicted molar refractivity (Wildman–Crippen MR) is 90.4 cm³/mol. The van der Waals surface area contributed by atoms with Crippen LogP contribution >= 0.6 is 0 Å². The second-order valence-corrected chi connectivity index (χ2v) is 8.00. The summed E-state index contributed by atoms with van der Waals surface area (Å²) >= 11 is 0. The summed E-state index contributed by atoms with van der Waals surface area (Å²) in [6.45, 7) is 8.02. The van der Waals surface area contributed by atoms with Crippen LogP contribution in [0.5, 0.6) is 5.75 Å². The van der Waals surface area contributed by atoms with Gasteiger partial charge in [-0.25, -0.2) is 8.42 Å². The molecule has 1 saturated heterocycles. The Labute approximate surface area is 139 Å². The fourth-order valence-corrected chi connectivity index (χ4v) is 5.20. The van der Waals surface area contributed by atoms with Gasteiger partial charge in [0.05, 0.1) is 18.6 Å². The van der Waals surface area contributed by atoms with Crippen molar-refractivity contribution < 1.29 is 17.9 Å². The van der Waals surface area contributed by atoms with Crippen LogP contribution in [0.1, 0.15) is 30.9 Å². The molecule has 1 aliphatic rings. The van der Waals surface area contributed by atoms with E-state index in [1.807, 2.05) is 20.8 Å². The van der Waals surface area contributed by atoms with Crippen LogP contribution in [0, 0.1) is 19.8 Å². The molecule has 23 heavy (non-hydrogen) atoms. The third-order valence-electron chi connectivity index (χ3n) is 4.31. The molecule has 0 amide bonds. The minimum Gasteiger partial charge on any atom is -0.497 e. The van der Waals surface area contributed by atoms with E-state index in [4.69, 9.17) is 9.47 Å². The van der Waals surface area contributed by atoms with Gasteiger partial charge in [-0.15, -0.1) is 0 Å². The van der Waals surface area contributed by atoms with E-state index in [-0.39, 0.29) is 5.92 Å². The fraction of sp³-hybridized carbons (Fsp3) is 0.647.